The summed E-state index contributed by atoms with van der Waals surface area (Å²) in [5.41, 5.74) is 0. The molecule has 1 amide bonds. The summed E-state index contributed by atoms with van der Waals surface area (Å²) < 4.78 is 15.8. The molecule has 0 radical (unpaired) electrons. The molecule has 2 aliphatic heterocycles. The normalized spacial score (nSPS) is 37.9. The van der Waals surface area contributed by atoms with Gasteiger partial charge in [0.25, 0.3) is 0 Å². The highest BCUT2D eigenvalue weighted by Gasteiger charge is 2.53. The van der Waals surface area contributed by atoms with Gasteiger partial charge in [-0.25, -0.2) is 0 Å². The van der Waals surface area contributed by atoms with Crippen LogP contribution in [0.5, 0.6) is 0 Å². The minimum absolute atomic E-state index is 0.0744. The van der Waals surface area contributed by atoms with Gasteiger partial charge in [0.1, 0.15) is 48.8 Å². The fraction of sp³-hybridized carbons (Fsp3) is 0.905. The van der Waals surface area contributed by atoms with E-state index in [9.17, 15) is 50.4 Å². The fourth-order valence-corrected chi connectivity index (χ4v) is 4.12. The monoisotopic (exact) mass is 526 g/mol. The quantitative estimate of drug-likeness (QED) is 0.116. The summed E-state index contributed by atoms with van der Waals surface area (Å²) in [5, 5.41) is 83.2. The first-order valence-electron chi connectivity index (χ1n) is 11.8. The Kier molecular flexibility index (Phi) is 11.4. The smallest absolute Gasteiger partial charge is 0.320 e. The molecule has 0 saturated carbocycles. The molecule has 0 bridgehead atoms. The highest BCUT2D eigenvalue weighted by Crippen LogP contribution is 2.30. The summed E-state index contributed by atoms with van der Waals surface area (Å²) in [4.78, 5) is 25.4. The maximum atomic E-state index is 12.2. The van der Waals surface area contributed by atoms with E-state index in [0.717, 1.165) is 0 Å². The molecule has 2 unspecified atom stereocenters. The number of amides is 1. The number of carbonyl (C=O) groups excluding carboxylic acids is 1. The summed E-state index contributed by atoms with van der Waals surface area (Å²) >= 11 is 0. The van der Waals surface area contributed by atoms with Gasteiger partial charge in [-0.15, -0.1) is 0 Å². The highest BCUT2D eigenvalue weighted by molar-refractivity contribution is 5.78. The molecule has 2 fully saturated rings. The van der Waals surface area contributed by atoms with Crippen molar-refractivity contribution in [3.63, 3.8) is 0 Å². The summed E-state index contributed by atoms with van der Waals surface area (Å²) in [6, 6.07) is -1.28. The van der Waals surface area contributed by atoms with Gasteiger partial charge in [-0.2, -0.15) is 0 Å². The molecule has 0 aromatic rings. The van der Waals surface area contributed by atoms with Gasteiger partial charge in [0.05, 0.1) is 19.8 Å². The molecular weight excluding hydrogens is 488 g/mol. The number of hydrogen-bond donors (Lipinski definition) is 9. The maximum absolute atomic E-state index is 12.2. The second kappa shape index (κ2) is 13.3. The Morgan fingerprint density at radius 2 is 1.75 bits per heavy atom. The number of aliphatic carboxylic acids is 1. The average molecular weight is 527 g/mol. The lowest BCUT2D eigenvalue weighted by molar-refractivity contribution is -0.367. The molecule has 2 rings (SSSR count). The molecule has 10 atom stereocenters. The Bertz CT molecular complexity index is 724. The summed E-state index contributed by atoms with van der Waals surface area (Å²) in [6.07, 6.45) is -13.6. The second-order valence-electron chi connectivity index (χ2n) is 8.84. The van der Waals surface area contributed by atoms with Crippen molar-refractivity contribution in [1.82, 2.24) is 10.2 Å². The summed E-state index contributed by atoms with van der Waals surface area (Å²) in [6.45, 7) is 2.61. The van der Waals surface area contributed by atoms with Crippen LogP contribution in [-0.4, -0.2) is 151 Å². The van der Waals surface area contributed by atoms with Crippen LogP contribution in [0.2, 0.25) is 0 Å². The minimum Gasteiger partial charge on any atom is -0.480 e. The number of carbonyl (C=O) groups is 2. The minimum atomic E-state index is -2.45. The van der Waals surface area contributed by atoms with Crippen molar-refractivity contribution in [2.24, 2.45) is 0 Å². The SMILES string of the molecule is CCN(CC)C(=O)CC[C@H](NCC1(O)OC[C@@H](O)C(O[C@H]2O[C@H](CO)[C@@H](O)[C@H](O)[C@H]2O)[C@@H]1O)C(=O)O. The number of aliphatic hydroxyl groups excluding tert-OH is 6. The van der Waals surface area contributed by atoms with Crippen LogP contribution in [0.4, 0.5) is 0 Å². The molecule has 2 heterocycles. The molecule has 15 nitrogen and oxygen atoms in total. The lowest BCUT2D eigenvalue weighted by atomic mass is 9.95. The number of hydrogen-bond acceptors (Lipinski definition) is 13. The van der Waals surface area contributed by atoms with Gasteiger partial charge in [0.15, 0.2) is 6.29 Å². The van der Waals surface area contributed by atoms with E-state index in [-0.39, 0.29) is 18.7 Å². The first-order chi connectivity index (χ1) is 16.9. The van der Waals surface area contributed by atoms with E-state index in [2.05, 4.69) is 5.32 Å². The van der Waals surface area contributed by atoms with Crippen LogP contribution in [0.3, 0.4) is 0 Å². The van der Waals surface area contributed by atoms with Gasteiger partial charge in [-0.1, -0.05) is 0 Å². The number of aliphatic hydroxyl groups is 7. The average Bonchev–Trinajstić information content (AvgIpc) is 2.84. The number of rotatable bonds is 12. The van der Waals surface area contributed by atoms with Gasteiger partial charge in [0, 0.05) is 19.5 Å². The van der Waals surface area contributed by atoms with Crippen molar-refractivity contribution in [3.8, 4) is 0 Å². The van der Waals surface area contributed by atoms with Crippen LogP contribution in [0.1, 0.15) is 26.7 Å². The van der Waals surface area contributed by atoms with E-state index in [1.165, 1.54) is 0 Å². The first kappa shape index (κ1) is 30.7. The molecule has 210 valence electrons. The lowest BCUT2D eigenvalue weighted by Crippen LogP contribution is -2.68. The van der Waals surface area contributed by atoms with E-state index in [1.54, 1.807) is 18.7 Å². The molecule has 9 N–H and O–H groups in total. The van der Waals surface area contributed by atoms with E-state index in [1.807, 2.05) is 0 Å². The van der Waals surface area contributed by atoms with Gasteiger partial charge in [-0.3, -0.25) is 14.9 Å². The number of carboxylic acid groups (broad SMARTS) is 1. The van der Waals surface area contributed by atoms with Gasteiger partial charge < -0.3 is 60.0 Å². The molecule has 2 saturated heterocycles. The van der Waals surface area contributed by atoms with Gasteiger partial charge >= 0.3 is 5.97 Å². The van der Waals surface area contributed by atoms with Crippen LogP contribution in [-0.2, 0) is 23.8 Å². The van der Waals surface area contributed by atoms with Crippen LogP contribution in [0.15, 0.2) is 0 Å². The van der Waals surface area contributed by atoms with E-state index in [4.69, 9.17) is 14.2 Å². The van der Waals surface area contributed by atoms with Crippen molar-refractivity contribution in [2.45, 2.75) is 87.5 Å². The van der Waals surface area contributed by atoms with E-state index >= 15 is 0 Å². The Morgan fingerprint density at radius 3 is 2.31 bits per heavy atom. The number of nitrogens with zero attached hydrogens (tertiary/aromatic N) is 1. The molecule has 0 aliphatic carbocycles. The predicted octanol–water partition coefficient (Wildman–Crippen LogP) is -4.70. The highest BCUT2D eigenvalue weighted by atomic mass is 16.7. The van der Waals surface area contributed by atoms with E-state index in [0.29, 0.717) is 13.1 Å². The molecule has 15 heteroatoms. The van der Waals surface area contributed by atoms with Crippen LogP contribution in [0.25, 0.3) is 0 Å². The third kappa shape index (κ3) is 7.08. The van der Waals surface area contributed by atoms with Crippen molar-refractivity contribution in [2.75, 3.05) is 32.8 Å². The molecule has 0 aromatic heterocycles. The third-order valence-corrected chi connectivity index (χ3v) is 6.46. The molecule has 36 heavy (non-hydrogen) atoms. The van der Waals surface area contributed by atoms with E-state index < -0.39 is 86.6 Å². The van der Waals surface area contributed by atoms with Crippen molar-refractivity contribution < 1.29 is 64.7 Å². The summed E-state index contributed by atoms with van der Waals surface area (Å²) in [5.74, 6) is -3.99. The zero-order chi connectivity index (χ0) is 27.2. The van der Waals surface area contributed by atoms with Crippen molar-refractivity contribution >= 4 is 11.9 Å². The first-order valence-corrected chi connectivity index (χ1v) is 11.8. The molecule has 0 spiro atoms. The van der Waals surface area contributed by atoms with Crippen molar-refractivity contribution in [1.29, 1.82) is 0 Å². The maximum Gasteiger partial charge on any atom is 0.320 e. The zero-order valence-corrected chi connectivity index (χ0v) is 20.2. The Morgan fingerprint density at radius 1 is 1.11 bits per heavy atom. The fourth-order valence-electron chi connectivity index (χ4n) is 4.12. The Balaban J connectivity index is 2.05. The van der Waals surface area contributed by atoms with Crippen LogP contribution in [0, 0.1) is 0 Å². The molecular formula is C21H38N2O13. The summed E-state index contributed by atoms with van der Waals surface area (Å²) in [7, 11) is 0. The number of ether oxygens (including phenoxy) is 3. The Hall–Kier alpha value is -1.50. The number of carboxylic acids is 1. The van der Waals surface area contributed by atoms with Crippen LogP contribution < -0.4 is 5.32 Å². The largest absolute Gasteiger partial charge is 0.480 e. The second-order valence-corrected chi connectivity index (χ2v) is 8.84. The van der Waals surface area contributed by atoms with Gasteiger partial charge in [-0.05, 0) is 20.3 Å². The van der Waals surface area contributed by atoms with Crippen LogP contribution >= 0.6 is 0 Å². The zero-order valence-electron chi connectivity index (χ0n) is 20.2. The standard InChI is InChI=1S/C21H38N2O13/c1-3-23(4-2)13(26)6-5-10(19(31)32)22-9-21(33)18(30)17(11(25)8-34-21)36-20-16(29)15(28)14(27)12(7-24)35-20/h10-12,14-18,20,22,24-25,27-30,33H,3-9H2,1-2H3,(H,31,32)/t10-,11+,12+,14+,15-,16+,17?,18-,20+,21?/m0/s1. The lowest BCUT2D eigenvalue weighted by Gasteiger charge is -2.47. The topological polar surface area (TPSA) is 239 Å². The predicted molar refractivity (Wildman–Crippen MR) is 118 cm³/mol. The number of nitrogens with one attached hydrogen (secondary N) is 1. The molecule has 0 aromatic carbocycles. The molecule has 2 aliphatic rings. The Labute approximate surface area is 207 Å². The third-order valence-electron chi connectivity index (χ3n) is 6.46. The van der Waals surface area contributed by atoms with Gasteiger partial charge in [0.2, 0.25) is 11.7 Å². The van der Waals surface area contributed by atoms with Crippen molar-refractivity contribution in [3.05, 3.63) is 0 Å².